The molecule has 0 aromatic carbocycles. The zero-order valence-electron chi connectivity index (χ0n) is 9.10. The fourth-order valence-corrected chi connectivity index (χ4v) is 1.27. The molecule has 0 amide bonds. The molecule has 82 valence electrons. The summed E-state index contributed by atoms with van der Waals surface area (Å²) < 4.78 is 0. The van der Waals surface area contributed by atoms with Crippen LogP contribution < -0.4 is 0 Å². The largest absolute Gasteiger partial charge is 0.481 e. The maximum atomic E-state index is 10.4. The zero-order valence-corrected chi connectivity index (χ0v) is 9.10. The van der Waals surface area contributed by atoms with Gasteiger partial charge in [-0.25, -0.2) is 0 Å². The summed E-state index contributed by atoms with van der Waals surface area (Å²) >= 11 is 0. The predicted octanol–water partition coefficient (Wildman–Crippen LogP) is 1.30. The highest BCUT2D eigenvalue weighted by Gasteiger charge is 2.03. The van der Waals surface area contributed by atoms with E-state index >= 15 is 0 Å². The molecule has 1 rings (SSSR count). The summed E-state index contributed by atoms with van der Waals surface area (Å²) in [6, 6.07) is 3.97. The van der Waals surface area contributed by atoms with Gasteiger partial charge in [-0.1, -0.05) is 6.07 Å². The Hall–Kier alpha value is -1.42. The second kappa shape index (κ2) is 5.46. The van der Waals surface area contributed by atoms with Gasteiger partial charge in [0.15, 0.2) is 0 Å². The summed E-state index contributed by atoms with van der Waals surface area (Å²) in [5, 5.41) is 8.53. The second-order valence-corrected chi connectivity index (χ2v) is 3.69. The number of nitrogens with zero attached hydrogens (tertiary/aromatic N) is 2. The monoisotopic (exact) mass is 208 g/mol. The Morgan fingerprint density at radius 2 is 2.27 bits per heavy atom. The van der Waals surface area contributed by atoms with Crippen LogP contribution in [-0.4, -0.2) is 34.6 Å². The number of aromatic nitrogens is 1. The number of hydrogen-bond acceptors (Lipinski definition) is 3. The maximum Gasteiger partial charge on any atom is 0.304 e. The van der Waals surface area contributed by atoms with Crippen molar-refractivity contribution in [2.24, 2.45) is 0 Å². The lowest BCUT2D eigenvalue weighted by Crippen LogP contribution is -2.21. The molecule has 0 radical (unpaired) electrons. The average molecular weight is 208 g/mol. The number of carbonyl (C=O) groups is 1. The van der Waals surface area contributed by atoms with Crippen LogP contribution >= 0.6 is 0 Å². The maximum absolute atomic E-state index is 10.4. The van der Waals surface area contributed by atoms with Gasteiger partial charge >= 0.3 is 5.97 Å². The minimum absolute atomic E-state index is 0.176. The third kappa shape index (κ3) is 4.56. The Morgan fingerprint density at radius 1 is 1.53 bits per heavy atom. The molecular weight excluding hydrogens is 192 g/mol. The first-order valence-electron chi connectivity index (χ1n) is 4.90. The highest BCUT2D eigenvalue weighted by Crippen LogP contribution is 2.03. The minimum Gasteiger partial charge on any atom is -0.481 e. The molecule has 0 saturated heterocycles. The van der Waals surface area contributed by atoms with E-state index < -0.39 is 5.97 Å². The molecular formula is C11H16N2O2. The Balaban J connectivity index is 2.40. The Kier molecular flexibility index (Phi) is 4.24. The molecule has 0 atom stereocenters. The first-order chi connectivity index (χ1) is 7.08. The average Bonchev–Trinajstić information content (AvgIpc) is 2.19. The van der Waals surface area contributed by atoms with Gasteiger partial charge in [0.05, 0.1) is 6.42 Å². The van der Waals surface area contributed by atoms with Crippen LogP contribution in [0.4, 0.5) is 0 Å². The van der Waals surface area contributed by atoms with Crippen molar-refractivity contribution in [3.8, 4) is 0 Å². The van der Waals surface area contributed by atoms with E-state index in [1.165, 1.54) is 0 Å². The fourth-order valence-electron chi connectivity index (χ4n) is 1.27. The van der Waals surface area contributed by atoms with Crippen LogP contribution in [0.5, 0.6) is 0 Å². The smallest absolute Gasteiger partial charge is 0.304 e. The van der Waals surface area contributed by atoms with Crippen LogP contribution in [0.3, 0.4) is 0 Å². The molecule has 0 unspecified atom stereocenters. The Morgan fingerprint density at radius 3 is 2.80 bits per heavy atom. The Labute approximate surface area is 89.6 Å². The van der Waals surface area contributed by atoms with Crippen molar-refractivity contribution in [1.29, 1.82) is 0 Å². The molecule has 0 spiro atoms. The van der Waals surface area contributed by atoms with Crippen molar-refractivity contribution < 1.29 is 9.90 Å². The van der Waals surface area contributed by atoms with Crippen molar-refractivity contribution in [2.45, 2.75) is 19.9 Å². The first-order valence-corrected chi connectivity index (χ1v) is 4.90. The highest BCUT2D eigenvalue weighted by atomic mass is 16.4. The van der Waals surface area contributed by atoms with Gasteiger partial charge in [-0.3, -0.25) is 9.78 Å². The fraction of sp³-hybridized carbons (Fsp3) is 0.455. The van der Waals surface area contributed by atoms with E-state index in [1.54, 1.807) is 0 Å². The number of carboxylic acids is 1. The van der Waals surface area contributed by atoms with Gasteiger partial charge in [0.2, 0.25) is 0 Å². The van der Waals surface area contributed by atoms with Crippen LogP contribution in [0.15, 0.2) is 18.3 Å². The van der Waals surface area contributed by atoms with E-state index in [-0.39, 0.29) is 6.42 Å². The number of aliphatic carboxylic acids is 1. The lowest BCUT2D eigenvalue weighted by atomic mass is 10.2. The van der Waals surface area contributed by atoms with Gasteiger partial charge in [-0.2, -0.15) is 0 Å². The van der Waals surface area contributed by atoms with Gasteiger partial charge in [0.1, 0.15) is 0 Å². The summed E-state index contributed by atoms with van der Waals surface area (Å²) in [6.45, 7) is 3.24. The van der Waals surface area contributed by atoms with E-state index in [2.05, 4.69) is 4.98 Å². The topological polar surface area (TPSA) is 53.4 Å². The molecule has 0 fully saturated rings. The van der Waals surface area contributed by atoms with Gasteiger partial charge in [-0.05, 0) is 25.6 Å². The van der Waals surface area contributed by atoms with Crippen molar-refractivity contribution in [3.05, 3.63) is 29.6 Å². The molecule has 0 bridgehead atoms. The molecule has 1 aromatic heterocycles. The molecule has 1 heterocycles. The second-order valence-electron chi connectivity index (χ2n) is 3.69. The summed E-state index contributed by atoms with van der Waals surface area (Å²) in [5.74, 6) is -0.760. The van der Waals surface area contributed by atoms with E-state index in [0.717, 1.165) is 17.8 Å². The minimum atomic E-state index is -0.760. The molecule has 4 heteroatoms. The summed E-state index contributed by atoms with van der Waals surface area (Å²) in [4.78, 5) is 16.5. The number of hydrogen-bond donors (Lipinski definition) is 1. The van der Waals surface area contributed by atoms with Crippen molar-refractivity contribution in [1.82, 2.24) is 9.88 Å². The van der Waals surface area contributed by atoms with Gasteiger partial charge in [0.25, 0.3) is 0 Å². The van der Waals surface area contributed by atoms with E-state index in [9.17, 15) is 4.79 Å². The molecule has 0 aliphatic rings. The van der Waals surface area contributed by atoms with Gasteiger partial charge in [-0.15, -0.1) is 0 Å². The van der Waals surface area contributed by atoms with E-state index in [4.69, 9.17) is 5.11 Å². The molecule has 0 aliphatic heterocycles. The predicted molar refractivity (Wildman–Crippen MR) is 57.6 cm³/mol. The normalized spacial score (nSPS) is 10.6. The molecule has 1 N–H and O–H groups in total. The quantitative estimate of drug-likeness (QED) is 0.792. The number of aryl methyl sites for hydroxylation is 1. The third-order valence-electron chi connectivity index (χ3n) is 2.13. The molecule has 15 heavy (non-hydrogen) atoms. The molecule has 4 nitrogen and oxygen atoms in total. The summed E-state index contributed by atoms with van der Waals surface area (Å²) in [6.07, 6.45) is 2.00. The molecule has 0 aliphatic carbocycles. The summed E-state index contributed by atoms with van der Waals surface area (Å²) in [7, 11) is 1.91. The lowest BCUT2D eigenvalue weighted by Gasteiger charge is -2.14. The van der Waals surface area contributed by atoms with Crippen LogP contribution in [0.1, 0.15) is 17.7 Å². The zero-order chi connectivity index (χ0) is 11.3. The third-order valence-corrected chi connectivity index (χ3v) is 2.13. The van der Waals surface area contributed by atoms with Crippen molar-refractivity contribution >= 4 is 5.97 Å². The molecule has 1 aromatic rings. The van der Waals surface area contributed by atoms with E-state index in [1.807, 2.05) is 37.2 Å². The van der Waals surface area contributed by atoms with Crippen molar-refractivity contribution in [2.75, 3.05) is 13.6 Å². The molecule has 0 saturated carbocycles. The van der Waals surface area contributed by atoms with Crippen LogP contribution in [0.2, 0.25) is 0 Å². The summed E-state index contributed by atoms with van der Waals surface area (Å²) in [5.41, 5.74) is 2.10. The number of rotatable bonds is 5. The highest BCUT2D eigenvalue weighted by molar-refractivity contribution is 5.66. The lowest BCUT2D eigenvalue weighted by molar-refractivity contribution is -0.137. The Bertz CT molecular complexity index is 322. The standard InChI is InChI=1S/C11H16N2O2/c1-9-3-4-10(7-12-9)8-13(2)6-5-11(14)15/h3-4,7H,5-6,8H2,1-2H3,(H,14,15). The van der Waals surface area contributed by atoms with Crippen LogP contribution in [-0.2, 0) is 11.3 Å². The van der Waals surface area contributed by atoms with Crippen molar-refractivity contribution in [3.63, 3.8) is 0 Å². The van der Waals surface area contributed by atoms with Crippen LogP contribution in [0.25, 0.3) is 0 Å². The van der Waals surface area contributed by atoms with E-state index in [0.29, 0.717) is 6.54 Å². The van der Waals surface area contributed by atoms with Gasteiger partial charge < -0.3 is 10.0 Å². The SMILES string of the molecule is Cc1ccc(CN(C)CCC(=O)O)cn1. The number of pyridine rings is 1. The first kappa shape index (κ1) is 11.7. The van der Waals surface area contributed by atoms with Gasteiger partial charge in [0, 0.05) is 25.0 Å². The number of carboxylic acid groups (broad SMARTS) is 1. The van der Waals surface area contributed by atoms with Crippen LogP contribution in [0, 0.1) is 6.92 Å².